The minimum Gasteiger partial charge on any atom is -0.323 e. The van der Waals surface area contributed by atoms with Gasteiger partial charge in [0.15, 0.2) is 0 Å². The smallest absolute Gasteiger partial charge is 0.323 e. The van der Waals surface area contributed by atoms with Gasteiger partial charge in [0, 0.05) is 0 Å². The molecule has 2 N–H and O–H groups in total. The third kappa shape index (κ3) is 3.58. The summed E-state index contributed by atoms with van der Waals surface area (Å²) < 4.78 is 0. The van der Waals surface area contributed by atoms with E-state index >= 15 is 0 Å². The summed E-state index contributed by atoms with van der Waals surface area (Å²) in [5.74, 6) is -0.429. The molecule has 0 radical (unpaired) electrons. The van der Waals surface area contributed by atoms with E-state index in [2.05, 4.69) is 41.6 Å². The lowest BCUT2D eigenvalue weighted by atomic mass is 9.64. The van der Waals surface area contributed by atoms with Crippen LogP contribution in [0, 0.1) is 11.3 Å². The van der Waals surface area contributed by atoms with Gasteiger partial charge in [0.05, 0.1) is 0 Å². The number of anilines is 1. The zero-order chi connectivity index (χ0) is 19.1. The lowest BCUT2D eigenvalue weighted by Crippen LogP contribution is -2.54. The van der Waals surface area contributed by atoms with Crippen LogP contribution in [0.3, 0.4) is 0 Å². The fraction of sp³-hybridized carbons (Fsp3) is 0.706. The Morgan fingerprint density at radius 2 is 2.08 bits per heavy atom. The Morgan fingerprint density at radius 1 is 1.35 bits per heavy atom. The van der Waals surface area contributed by atoms with E-state index in [0.717, 1.165) is 22.7 Å². The van der Waals surface area contributed by atoms with Gasteiger partial charge in [-0.25, -0.2) is 4.79 Å². The predicted molar refractivity (Wildman–Crippen MR) is 97.7 cm³/mol. The average Bonchev–Trinajstić information content (AvgIpc) is 3.04. The van der Waals surface area contributed by atoms with Crippen molar-refractivity contribution in [2.24, 2.45) is 11.3 Å². The van der Waals surface area contributed by atoms with Crippen molar-refractivity contribution in [1.29, 1.82) is 0 Å². The molecule has 0 unspecified atom stereocenters. The molecule has 1 saturated heterocycles. The van der Waals surface area contributed by atoms with Gasteiger partial charge in [0.25, 0.3) is 5.91 Å². The Labute approximate surface area is 156 Å². The number of nitrogens with zero attached hydrogens (tertiary/aromatic N) is 3. The number of amides is 4. The quantitative estimate of drug-likeness (QED) is 0.780. The van der Waals surface area contributed by atoms with Gasteiger partial charge in [-0.2, -0.15) is 0 Å². The van der Waals surface area contributed by atoms with Crippen LogP contribution in [0.25, 0.3) is 0 Å². The van der Waals surface area contributed by atoms with Crippen LogP contribution < -0.4 is 10.6 Å². The Balaban J connectivity index is 1.70. The molecule has 2 aliphatic rings. The first-order chi connectivity index (χ1) is 12.1. The zero-order valence-electron chi connectivity index (χ0n) is 15.6. The fourth-order valence-electron chi connectivity index (χ4n) is 4.40. The van der Waals surface area contributed by atoms with Gasteiger partial charge in [-0.3, -0.25) is 19.8 Å². The summed E-state index contributed by atoms with van der Waals surface area (Å²) in [4.78, 5) is 38.7. The van der Waals surface area contributed by atoms with Crippen molar-refractivity contribution >= 4 is 34.3 Å². The summed E-state index contributed by atoms with van der Waals surface area (Å²) in [6, 6.07) is -0.499. The summed E-state index contributed by atoms with van der Waals surface area (Å²) in [5.41, 5.74) is -0.932. The van der Waals surface area contributed by atoms with Crippen molar-refractivity contribution in [3.63, 3.8) is 0 Å². The molecule has 2 heterocycles. The molecule has 2 fully saturated rings. The van der Waals surface area contributed by atoms with Crippen LogP contribution >= 0.6 is 11.3 Å². The highest BCUT2D eigenvalue weighted by atomic mass is 32.1. The van der Waals surface area contributed by atoms with Crippen molar-refractivity contribution in [3.05, 3.63) is 5.01 Å². The van der Waals surface area contributed by atoms with Crippen LogP contribution in [0.2, 0.25) is 0 Å². The minimum absolute atomic E-state index is 0.0397. The molecule has 0 bridgehead atoms. The van der Waals surface area contributed by atoms with E-state index in [9.17, 15) is 14.4 Å². The van der Waals surface area contributed by atoms with E-state index in [1.54, 1.807) is 0 Å². The standard InChI is InChI=1S/C17H25N5O3S/c1-5-12-20-21-14(26-12)18-11(23)8-22-13(24)17(19-15(22)25)7-10(2)6-16(3,4)9-17/h10H,5-9H2,1-4H3,(H,19,25)(H,18,21,23)/t10-,17-/m0/s1. The summed E-state index contributed by atoms with van der Waals surface area (Å²) in [6.07, 6.45) is 2.94. The molecule has 1 aliphatic carbocycles. The normalized spacial score (nSPS) is 27.7. The molecule has 8 nitrogen and oxygen atoms in total. The highest BCUT2D eigenvalue weighted by Gasteiger charge is 2.56. The first-order valence-electron chi connectivity index (χ1n) is 8.90. The topological polar surface area (TPSA) is 104 Å². The van der Waals surface area contributed by atoms with E-state index in [4.69, 9.17) is 0 Å². The number of carbonyl (C=O) groups is 3. The number of hydrogen-bond acceptors (Lipinski definition) is 6. The molecule has 1 saturated carbocycles. The average molecular weight is 379 g/mol. The van der Waals surface area contributed by atoms with Gasteiger partial charge < -0.3 is 5.32 Å². The van der Waals surface area contributed by atoms with Crippen molar-refractivity contribution in [2.75, 3.05) is 11.9 Å². The largest absolute Gasteiger partial charge is 0.325 e. The Kier molecular flexibility index (Phi) is 4.76. The SMILES string of the molecule is CCc1nnc(NC(=O)CN2C(=O)N[C@]3(C[C@@H](C)CC(C)(C)C3)C2=O)s1. The second-order valence-electron chi connectivity index (χ2n) is 8.16. The van der Waals surface area contributed by atoms with Gasteiger partial charge in [0.2, 0.25) is 11.0 Å². The Bertz CT molecular complexity index is 747. The number of aromatic nitrogens is 2. The van der Waals surface area contributed by atoms with Crippen LogP contribution in [-0.4, -0.2) is 45.0 Å². The maximum Gasteiger partial charge on any atom is 0.325 e. The van der Waals surface area contributed by atoms with Crippen LogP contribution in [0.1, 0.15) is 52.0 Å². The van der Waals surface area contributed by atoms with Gasteiger partial charge in [0.1, 0.15) is 17.1 Å². The Morgan fingerprint density at radius 3 is 2.69 bits per heavy atom. The van der Waals surface area contributed by atoms with Crippen molar-refractivity contribution in [3.8, 4) is 0 Å². The summed E-state index contributed by atoms with van der Waals surface area (Å²) in [7, 11) is 0. The number of nitrogens with one attached hydrogen (secondary N) is 2. The fourth-order valence-corrected chi connectivity index (χ4v) is 5.09. The van der Waals surface area contributed by atoms with E-state index in [1.807, 2.05) is 6.92 Å². The van der Waals surface area contributed by atoms with Crippen LogP contribution in [0.4, 0.5) is 9.93 Å². The highest BCUT2D eigenvalue weighted by Crippen LogP contribution is 2.46. The summed E-state index contributed by atoms with van der Waals surface area (Å²) in [6.45, 7) is 7.95. The van der Waals surface area contributed by atoms with Crippen LogP contribution in [-0.2, 0) is 16.0 Å². The van der Waals surface area contributed by atoms with Crippen molar-refractivity contribution in [2.45, 2.75) is 58.9 Å². The van der Waals surface area contributed by atoms with E-state index in [1.165, 1.54) is 11.3 Å². The monoisotopic (exact) mass is 379 g/mol. The molecular weight excluding hydrogens is 354 g/mol. The van der Waals surface area contributed by atoms with E-state index in [0.29, 0.717) is 23.9 Å². The molecule has 9 heteroatoms. The second-order valence-corrected chi connectivity index (χ2v) is 9.22. The van der Waals surface area contributed by atoms with Crippen molar-refractivity contribution < 1.29 is 14.4 Å². The molecule has 1 aromatic rings. The van der Waals surface area contributed by atoms with Gasteiger partial charge in [-0.1, -0.05) is 39.0 Å². The third-order valence-electron chi connectivity index (χ3n) is 4.94. The first-order valence-corrected chi connectivity index (χ1v) is 9.72. The molecule has 1 aromatic heterocycles. The lowest BCUT2D eigenvalue weighted by molar-refractivity contribution is -0.136. The number of rotatable bonds is 4. The molecule has 1 spiro atoms. The van der Waals surface area contributed by atoms with E-state index < -0.39 is 17.5 Å². The van der Waals surface area contributed by atoms with E-state index in [-0.39, 0.29) is 17.9 Å². The molecular formula is C17H25N5O3S. The maximum atomic E-state index is 13.0. The molecule has 1 aliphatic heterocycles. The third-order valence-corrected chi connectivity index (χ3v) is 5.92. The molecule has 142 valence electrons. The van der Waals surface area contributed by atoms with Gasteiger partial charge in [-0.15, -0.1) is 10.2 Å². The molecule has 26 heavy (non-hydrogen) atoms. The number of imide groups is 1. The van der Waals surface area contributed by atoms with Crippen molar-refractivity contribution in [1.82, 2.24) is 20.4 Å². The second kappa shape index (κ2) is 6.61. The highest BCUT2D eigenvalue weighted by molar-refractivity contribution is 7.15. The number of hydrogen-bond donors (Lipinski definition) is 2. The zero-order valence-corrected chi connectivity index (χ0v) is 16.4. The summed E-state index contributed by atoms with van der Waals surface area (Å²) >= 11 is 1.28. The minimum atomic E-state index is -0.892. The maximum absolute atomic E-state index is 13.0. The predicted octanol–water partition coefficient (Wildman–Crippen LogP) is 2.18. The number of aryl methyl sites for hydroxylation is 1. The number of carbonyl (C=O) groups excluding carboxylic acids is 3. The van der Waals surface area contributed by atoms with Gasteiger partial charge >= 0.3 is 6.03 Å². The molecule has 2 atom stereocenters. The van der Waals surface area contributed by atoms with Gasteiger partial charge in [-0.05, 0) is 37.0 Å². The Hall–Kier alpha value is -2.03. The molecule has 4 amide bonds. The van der Waals surface area contributed by atoms with Crippen LogP contribution in [0.15, 0.2) is 0 Å². The molecule has 0 aromatic carbocycles. The first kappa shape index (κ1) is 18.8. The number of urea groups is 1. The lowest BCUT2D eigenvalue weighted by Gasteiger charge is -2.43. The summed E-state index contributed by atoms with van der Waals surface area (Å²) in [5, 5.41) is 14.5. The van der Waals surface area contributed by atoms with Crippen LogP contribution in [0.5, 0.6) is 0 Å². The molecule has 3 rings (SSSR count).